The lowest BCUT2D eigenvalue weighted by molar-refractivity contribution is -0.131. The van der Waals surface area contributed by atoms with Crippen LogP contribution in [0.1, 0.15) is 23.7 Å². The fourth-order valence-corrected chi connectivity index (χ4v) is 3.87. The van der Waals surface area contributed by atoms with Gasteiger partial charge in [0.25, 0.3) is 0 Å². The van der Waals surface area contributed by atoms with Crippen LogP contribution in [0.15, 0.2) is 67.1 Å². The summed E-state index contributed by atoms with van der Waals surface area (Å²) in [5.41, 5.74) is 4.69. The molecule has 1 amide bonds. The fourth-order valence-electron chi connectivity index (χ4n) is 3.87. The number of nitrogens with zero attached hydrogens (tertiary/aromatic N) is 3. The third-order valence-corrected chi connectivity index (χ3v) is 5.18. The lowest BCUT2D eigenvalue weighted by atomic mass is 10.0. The number of amides is 1. The van der Waals surface area contributed by atoms with Crippen LogP contribution in [0.5, 0.6) is 0 Å². The maximum Gasteiger partial charge on any atom is 0.220 e. The minimum absolute atomic E-state index is 0.111. The van der Waals surface area contributed by atoms with Gasteiger partial charge in [0.15, 0.2) is 0 Å². The fraction of sp³-hybridized carbons (Fsp3) is 0.273. The molecule has 3 aromatic rings. The number of hydrogen-bond acceptors (Lipinski definition) is 3. The van der Waals surface area contributed by atoms with Gasteiger partial charge in [0.1, 0.15) is 0 Å². The second kappa shape index (κ2) is 7.66. The third kappa shape index (κ3) is 3.87. The van der Waals surface area contributed by atoms with Gasteiger partial charge in [-0.25, -0.2) is 4.98 Å². The molecule has 4 rings (SSSR count). The first-order valence-electron chi connectivity index (χ1n) is 9.32. The van der Waals surface area contributed by atoms with Crippen molar-refractivity contribution in [2.75, 3.05) is 11.4 Å². The summed E-state index contributed by atoms with van der Waals surface area (Å²) in [6, 6.07) is 18.9. The van der Waals surface area contributed by atoms with E-state index < -0.39 is 0 Å². The standard InChI is InChI=1S/C22H24N4O/c1-17(27)26-13-19-9-5-6-10-22(19)25(14-20-12-23-16-24-20)15-21(26)11-18-7-3-2-4-8-18/h2-10,12,16,21H,11,13-15H2,1H3,(H,23,24)/t21-/m1/s1. The van der Waals surface area contributed by atoms with Crippen molar-refractivity contribution in [3.05, 3.63) is 83.9 Å². The number of carbonyl (C=O) groups is 1. The van der Waals surface area contributed by atoms with Crippen LogP contribution in [0, 0.1) is 0 Å². The molecule has 1 aliphatic rings. The number of anilines is 1. The maximum atomic E-state index is 12.5. The van der Waals surface area contributed by atoms with E-state index >= 15 is 0 Å². The van der Waals surface area contributed by atoms with Crippen LogP contribution in [-0.4, -0.2) is 33.4 Å². The van der Waals surface area contributed by atoms with Crippen molar-refractivity contribution in [1.82, 2.24) is 14.9 Å². The molecular weight excluding hydrogens is 336 g/mol. The first-order valence-corrected chi connectivity index (χ1v) is 9.32. The van der Waals surface area contributed by atoms with Crippen molar-refractivity contribution in [3.63, 3.8) is 0 Å². The van der Waals surface area contributed by atoms with E-state index in [9.17, 15) is 4.79 Å². The number of para-hydroxylation sites is 1. The Morgan fingerprint density at radius 2 is 1.93 bits per heavy atom. The Hall–Kier alpha value is -3.08. The Morgan fingerprint density at radius 3 is 2.67 bits per heavy atom. The van der Waals surface area contributed by atoms with Crippen molar-refractivity contribution in [1.29, 1.82) is 0 Å². The zero-order valence-corrected chi connectivity index (χ0v) is 15.5. The van der Waals surface area contributed by atoms with Gasteiger partial charge in [-0.15, -0.1) is 0 Å². The Balaban J connectivity index is 1.69. The molecule has 27 heavy (non-hydrogen) atoms. The number of aromatic amines is 1. The molecule has 1 aromatic heterocycles. The molecule has 138 valence electrons. The Morgan fingerprint density at radius 1 is 1.15 bits per heavy atom. The average Bonchev–Trinajstić information content (AvgIpc) is 3.13. The molecule has 5 heteroatoms. The molecule has 1 atom stereocenters. The Labute approximate surface area is 159 Å². The largest absolute Gasteiger partial charge is 0.363 e. The molecule has 1 aliphatic heterocycles. The van der Waals surface area contributed by atoms with Crippen molar-refractivity contribution < 1.29 is 4.79 Å². The highest BCUT2D eigenvalue weighted by atomic mass is 16.2. The van der Waals surface area contributed by atoms with Crippen molar-refractivity contribution in [2.24, 2.45) is 0 Å². The number of benzene rings is 2. The number of fused-ring (bicyclic) bond motifs is 1. The van der Waals surface area contributed by atoms with Crippen LogP contribution >= 0.6 is 0 Å². The van der Waals surface area contributed by atoms with Gasteiger partial charge >= 0.3 is 0 Å². The van der Waals surface area contributed by atoms with E-state index in [0.717, 1.165) is 25.2 Å². The first kappa shape index (κ1) is 17.3. The van der Waals surface area contributed by atoms with Crippen LogP contribution in [0.3, 0.4) is 0 Å². The van der Waals surface area contributed by atoms with Crippen LogP contribution in [0.25, 0.3) is 0 Å². The van der Waals surface area contributed by atoms with Gasteiger partial charge in [0, 0.05) is 31.9 Å². The molecular formula is C22H24N4O. The monoisotopic (exact) mass is 360 g/mol. The first-order chi connectivity index (χ1) is 13.2. The van der Waals surface area contributed by atoms with Gasteiger partial charge in [-0.1, -0.05) is 48.5 Å². The van der Waals surface area contributed by atoms with Crippen LogP contribution in [0.2, 0.25) is 0 Å². The Bertz CT molecular complexity index is 892. The number of nitrogens with one attached hydrogen (secondary N) is 1. The van der Waals surface area contributed by atoms with Gasteiger partial charge in [0.2, 0.25) is 5.91 Å². The summed E-state index contributed by atoms with van der Waals surface area (Å²) in [4.78, 5) is 24.2. The smallest absolute Gasteiger partial charge is 0.220 e. The highest BCUT2D eigenvalue weighted by Crippen LogP contribution is 2.29. The second-order valence-electron chi connectivity index (χ2n) is 7.08. The van der Waals surface area contributed by atoms with E-state index in [0.29, 0.717) is 6.54 Å². The van der Waals surface area contributed by atoms with Crippen molar-refractivity contribution >= 4 is 11.6 Å². The summed E-state index contributed by atoms with van der Waals surface area (Å²) in [5.74, 6) is 0.120. The molecule has 5 nitrogen and oxygen atoms in total. The zero-order valence-electron chi connectivity index (χ0n) is 15.5. The minimum Gasteiger partial charge on any atom is -0.363 e. The van der Waals surface area contributed by atoms with E-state index in [4.69, 9.17) is 0 Å². The third-order valence-electron chi connectivity index (χ3n) is 5.18. The topological polar surface area (TPSA) is 52.2 Å². The van der Waals surface area contributed by atoms with E-state index in [1.54, 1.807) is 13.3 Å². The number of aromatic nitrogens is 2. The average molecular weight is 360 g/mol. The summed E-state index contributed by atoms with van der Waals surface area (Å²) in [5, 5.41) is 0. The molecule has 0 saturated carbocycles. The molecule has 0 radical (unpaired) electrons. The van der Waals surface area contributed by atoms with E-state index in [1.165, 1.54) is 16.8 Å². The lowest BCUT2D eigenvalue weighted by Crippen LogP contribution is -2.44. The molecule has 1 N–H and O–H groups in total. The summed E-state index contributed by atoms with van der Waals surface area (Å²) in [7, 11) is 0. The highest BCUT2D eigenvalue weighted by molar-refractivity contribution is 5.74. The van der Waals surface area contributed by atoms with Gasteiger partial charge < -0.3 is 14.8 Å². The van der Waals surface area contributed by atoms with Gasteiger partial charge in [-0.2, -0.15) is 0 Å². The van der Waals surface area contributed by atoms with E-state index in [-0.39, 0.29) is 11.9 Å². The molecule has 0 fully saturated rings. The molecule has 0 unspecified atom stereocenters. The quantitative estimate of drug-likeness (QED) is 0.776. The van der Waals surface area contributed by atoms with Crippen molar-refractivity contribution in [2.45, 2.75) is 32.5 Å². The summed E-state index contributed by atoms with van der Waals surface area (Å²) < 4.78 is 0. The zero-order chi connectivity index (χ0) is 18.6. The number of rotatable bonds is 4. The number of imidazole rings is 1. The normalized spacial score (nSPS) is 16.7. The van der Waals surface area contributed by atoms with Gasteiger partial charge in [-0.3, -0.25) is 4.79 Å². The molecule has 0 aliphatic carbocycles. The summed E-state index contributed by atoms with van der Waals surface area (Å²) >= 11 is 0. The molecule has 0 spiro atoms. The summed E-state index contributed by atoms with van der Waals surface area (Å²) in [6.45, 7) is 3.84. The van der Waals surface area contributed by atoms with Gasteiger partial charge in [-0.05, 0) is 23.6 Å². The van der Waals surface area contributed by atoms with Crippen LogP contribution in [0.4, 0.5) is 5.69 Å². The highest BCUT2D eigenvalue weighted by Gasteiger charge is 2.29. The lowest BCUT2D eigenvalue weighted by Gasteiger charge is -2.32. The van der Waals surface area contributed by atoms with Crippen LogP contribution in [-0.2, 0) is 24.3 Å². The predicted octanol–water partition coefficient (Wildman–Crippen LogP) is 3.39. The minimum atomic E-state index is 0.111. The van der Waals surface area contributed by atoms with Crippen molar-refractivity contribution in [3.8, 4) is 0 Å². The Kier molecular flexibility index (Phi) is 4.92. The summed E-state index contributed by atoms with van der Waals surface area (Å²) in [6.07, 6.45) is 4.42. The number of hydrogen-bond donors (Lipinski definition) is 1. The molecule has 2 aromatic carbocycles. The predicted molar refractivity (Wildman–Crippen MR) is 106 cm³/mol. The molecule has 0 saturated heterocycles. The molecule has 2 heterocycles. The van der Waals surface area contributed by atoms with Crippen LogP contribution < -0.4 is 4.90 Å². The number of carbonyl (C=O) groups excluding carboxylic acids is 1. The number of H-pyrrole nitrogens is 1. The maximum absolute atomic E-state index is 12.5. The van der Waals surface area contributed by atoms with E-state index in [2.05, 4.69) is 57.3 Å². The van der Waals surface area contributed by atoms with E-state index in [1.807, 2.05) is 23.2 Å². The second-order valence-corrected chi connectivity index (χ2v) is 7.08. The SMILES string of the molecule is CC(=O)N1Cc2ccccc2N(Cc2cnc[nH]2)C[C@H]1Cc1ccccc1. The molecule has 0 bridgehead atoms. The van der Waals surface area contributed by atoms with Gasteiger partial charge in [0.05, 0.1) is 24.6 Å².